The summed E-state index contributed by atoms with van der Waals surface area (Å²) in [7, 11) is -0.359. The molecule has 3 nitrogen and oxygen atoms in total. The molecule has 2 fully saturated rings. The van der Waals surface area contributed by atoms with Crippen molar-refractivity contribution in [2.45, 2.75) is 64.3 Å². The van der Waals surface area contributed by atoms with E-state index >= 15 is 0 Å². The maximum Gasteiger partial charge on any atom is 0.495 e. The van der Waals surface area contributed by atoms with Gasteiger partial charge in [0.2, 0.25) is 0 Å². The van der Waals surface area contributed by atoms with Gasteiger partial charge in [-0.1, -0.05) is 18.2 Å². The van der Waals surface area contributed by atoms with E-state index in [1.165, 1.54) is 0 Å². The summed E-state index contributed by atoms with van der Waals surface area (Å²) in [6.07, 6.45) is 1.70. The fourth-order valence-electron chi connectivity index (χ4n) is 2.77. The molecule has 1 saturated carbocycles. The quantitative estimate of drug-likeness (QED) is 0.841. The first kappa shape index (κ1) is 14.1. The minimum atomic E-state index is -0.621. The first-order valence-electron chi connectivity index (χ1n) is 7.34. The number of hydrogen-bond donors (Lipinski definition) is 1. The molecule has 1 N–H and O–H groups in total. The van der Waals surface area contributed by atoms with Crippen LogP contribution in [0.2, 0.25) is 0 Å². The molecule has 1 heterocycles. The molecule has 108 valence electrons. The SMILES string of the molecule is Cc1c(B2OC(C)(C)C(C)(C)O2)cccc1C1(O)CC1. The zero-order valence-electron chi connectivity index (χ0n) is 13.0. The second-order valence-corrected chi connectivity index (χ2v) is 7.14. The summed E-state index contributed by atoms with van der Waals surface area (Å²) in [4.78, 5) is 0. The minimum Gasteiger partial charge on any atom is -0.399 e. The van der Waals surface area contributed by atoms with Gasteiger partial charge in [-0.3, -0.25) is 0 Å². The van der Waals surface area contributed by atoms with Gasteiger partial charge in [0.05, 0.1) is 16.8 Å². The Labute approximate surface area is 121 Å². The van der Waals surface area contributed by atoms with E-state index in [4.69, 9.17) is 9.31 Å². The fourth-order valence-corrected chi connectivity index (χ4v) is 2.77. The largest absolute Gasteiger partial charge is 0.495 e. The predicted octanol–water partition coefficient (Wildman–Crippen LogP) is 2.28. The van der Waals surface area contributed by atoms with Gasteiger partial charge in [0.15, 0.2) is 0 Å². The Hall–Kier alpha value is -0.835. The van der Waals surface area contributed by atoms with Crippen molar-refractivity contribution in [3.8, 4) is 0 Å². The molecule has 1 saturated heterocycles. The average molecular weight is 274 g/mol. The molecule has 1 aliphatic carbocycles. The van der Waals surface area contributed by atoms with E-state index in [1.54, 1.807) is 0 Å². The predicted molar refractivity (Wildman–Crippen MR) is 80.0 cm³/mol. The fraction of sp³-hybridized carbons (Fsp3) is 0.625. The van der Waals surface area contributed by atoms with Crippen LogP contribution in [0.1, 0.15) is 51.7 Å². The van der Waals surface area contributed by atoms with Crippen LogP contribution in [0, 0.1) is 6.92 Å². The molecule has 2 aliphatic rings. The maximum absolute atomic E-state index is 10.4. The third-order valence-electron chi connectivity index (χ3n) is 5.11. The zero-order chi connectivity index (χ0) is 14.8. The third kappa shape index (κ3) is 2.02. The van der Waals surface area contributed by atoms with Crippen LogP contribution in [-0.2, 0) is 14.9 Å². The van der Waals surface area contributed by atoms with E-state index < -0.39 is 5.60 Å². The number of rotatable bonds is 2. The molecular weight excluding hydrogens is 251 g/mol. The molecule has 0 bridgehead atoms. The van der Waals surface area contributed by atoms with Crippen molar-refractivity contribution in [3.63, 3.8) is 0 Å². The monoisotopic (exact) mass is 274 g/mol. The topological polar surface area (TPSA) is 38.7 Å². The molecule has 0 unspecified atom stereocenters. The van der Waals surface area contributed by atoms with Crippen molar-refractivity contribution in [1.82, 2.24) is 0 Å². The lowest BCUT2D eigenvalue weighted by atomic mass is 9.74. The van der Waals surface area contributed by atoms with Crippen molar-refractivity contribution in [2.75, 3.05) is 0 Å². The molecular formula is C16H23BO3. The first-order valence-corrected chi connectivity index (χ1v) is 7.34. The zero-order valence-corrected chi connectivity index (χ0v) is 13.0. The molecule has 0 spiro atoms. The summed E-state index contributed by atoms with van der Waals surface area (Å²) in [5.41, 5.74) is 1.84. The van der Waals surface area contributed by atoms with Crippen molar-refractivity contribution in [2.24, 2.45) is 0 Å². The molecule has 1 aliphatic heterocycles. The van der Waals surface area contributed by atoms with Gasteiger partial charge in [-0.25, -0.2) is 0 Å². The van der Waals surface area contributed by atoms with Gasteiger partial charge in [0.1, 0.15) is 0 Å². The highest BCUT2D eigenvalue weighted by Gasteiger charge is 2.52. The van der Waals surface area contributed by atoms with Crippen LogP contribution < -0.4 is 5.46 Å². The number of benzene rings is 1. The minimum absolute atomic E-state index is 0.337. The Balaban J connectivity index is 1.97. The van der Waals surface area contributed by atoms with Gasteiger partial charge in [0, 0.05) is 0 Å². The summed E-state index contributed by atoms with van der Waals surface area (Å²) < 4.78 is 12.2. The maximum atomic E-state index is 10.4. The number of aliphatic hydroxyl groups is 1. The van der Waals surface area contributed by atoms with Crippen molar-refractivity contribution in [1.29, 1.82) is 0 Å². The Bertz CT molecular complexity index is 531. The molecule has 20 heavy (non-hydrogen) atoms. The van der Waals surface area contributed by atoms with Crippen molar-refractivity contribution in [3.05, 3.63) is 29.3 Å². The Kier molecular flexibility index (Phi) is 2.89. The second kappa shape index (κ2) is 4.09. The van der Waals surface area contributed by atoms with Gasteiger partial charge in [-0.15, -0.1) is 0 Å². The van der Waals surface area contributed by atoms with Crippen LogP contribution in [0.5, 0.6) is 0 Å². The smallest absolute Gasteiger partial charge is 0.399 e. The van der Waals surface area contributed by atoms with E-state index in [1.807, 2.05) is 25.1 Å². The highest BCUT2D eigenvalue weighted by atomic mass is 16.7. The molecule has 1 aromatic carbocycles. The lowest BCUT2D eigenvalue weighted by Gasteiger charge is -2.32. The van der Waals surface area contributed by atoms with E-state index in [2.05, 4.69) is 27.7 Å². The van der Waals surface area contributed by atoms with Gasteiger partial charge in [0.25, 0.3) is 0 Å². The Morgan fingerprint density at radius 3 is 2.10 bits per heavy atom. The van der Waals surface area contributed by atoms with Gasteiger partial charge >= 0.3 is 7.12 Å². The number of hydrogen-bond acceptors (Lipinski definition) is 3. The summed E-state index contributed by atoms with van der Waals surface area (Å²) in [5.74, 6) is 0. The van der Waals surface area contributed by atoms with Crippen LogP contribution in [0.15, 0.2) is 18.2 Å². The van der Waals surface area contributed by atoms with Crippen LogP contribution in [-0.4, -0.2) is 23.4 Å². The standard InChI is InChI=1S/C16H23BO3/c1-11-12(16(18)9-10-16)7-6-8-13(11)17-19-14(2,3)15(4,5)20-17/h6-8,18H,9-10H2,1-5H3. The van der Waals surface area contributed by atoms with E-state index in [-0.39, 0.29) is 18.3 Å². The molecule has 0 radical (unpaired) electrons. The first-order chi connectivity index (χ1) is 9.16. The van der Waals surface area contributed by atoms with Crippen molar-refractivity contribution >= 4 is 12.6 Å². The highest BCUT2D eigenvalue weighted by molar-refractivity contribution is 6.62. The Morgan fingerprint density at radius 2 is 1.60 bits per heavy atom. The lowest BCUT2D eigenvalue weighted by molar-refractivity contribution is 0.00578. The van der Waals surface area contributed by atoms with Gasteiger partial charge < -0.3 is 14.4 Å². The normalized spacial score (nSPS) is 25.8. The molecule has 3 rings (SSSR count). The third-order valence-corrected chi connectivity index (χ3v) is 5.11. The molecule has 0 aromatic heterocycles. The van der Waals surface area contributed by atoms with E-state index in [0.717, 1.165) is 29.4 Å². The summed E-state index contributed by atoms with van der Waals surface area (Å²) >= 11 is 0. The molecule has 4 heteroatoms. The highest BCUT2D eigenvalue weighted by Crippen LogP contribution is 2.46. The van der Waals surface area contributed by atoms with Crippen LogP contribution in [0.4, 0.5) is 0 Å². The van der Waals surface area contributed by atoms with Crippen molar-refractivity contribution < 1.29 is 14.4 Å². The second-order valence-electron chi connectivity index (χ2n) is 7.14. The van der Waals surface area contributed by atoms with Crippen LogP contribution in [0.3, 0.4) is 0 Å². The summed E-state index contributed by atoms with van der Waals surface area (Å²) in [5, 5.41) is 10.4. The summed E-state index contributed by atoms with van der Waals surface area (Å²) in [6.45, 7) is 10.3. The van der Waals surface area contributed by atoms with Crippen LogP contribution >= 0.6 is 0 Å². The Morgan fingerprint density at radius 1 is 1.05 bits per heavy atom. The van der Waals surface area contributed by atoms with E-state index in [0.29, 0.717) is 0 Å². The van der Waals surface area contributed by atoms with Crippen LogP contribution in [0.25, 0.3) is 0 Å². The molecule has 0 amide bonds. The summed E-state index contributed by atoms with van der Waals surface area (Å²) in [6, 6.07) is 6.03. The van der Waals surface area contributed by atoms with Gasteiger partial charge in [-0.2, -0.15) is 0 Å². The lowest BCUT2D eigenvalue weighted by Crippen LogP contribution is -2.41. The molecule has 0 atom stereocenters. The van der Waals surface area contributed by atoms with Gasteiger partial charge in [-0.05, 0) is 64.1 Å². The average Bonchev–Trinajstić information content (AvgIpc) is 3.01. The molecule has 1 aromatic rings. The van der Waals surface area contributed by atoms with E-state index in [9.17, 15) is 5.11 Å².